The van der Waals surface area contributed by atoms with E-state index in [1.807, 2.05) is 42.5 Å². The van der Waals surface area contributed by atoms with E-state index >= 15 is 0 Å². The molecule has 3 rings (SSSR count). The lowest BCUT2D eigenvalue weighted by molar-refractivity contribution is 0.191. The van der Waals surface area contributed by atoms with E-state index in [9.17, 15) is 9.90 Å². The van der Waals surface area contributed by atoms with E-state index in [0.29, 0.717) is 39.3 Å². The Morgan fingerprint density at radius 3 is 2.40 bits per heavy atom. The van der Waals surface area contributed by atoms with Crippen LogP contribution in [0.15, 0.2) is 54.6 Å². The fraction of sp³-hybridized carbons (Fsp3) is 0.316. The number of para-hydroxylation sites is 3. The summed E-state index contributed by atoms with van der Waals surface area (Å²) < 4.78 is 5.56. The number of rotatable bonds is 5. The highest BCUT2D eigenvalue weighted by molar-refractivity contribution is 5.74. The van der Waals surface area contributed by atoms with Crippen LogP contribution < -0.4 is 15.0 Å². The molecule has 0 aliphatic carbocycles. The Morgan fingerprint density at radius 1 is 1.00 bits per heavy atom. The molecule has 25 heavy (non-hydrogen) atoms. The van der Waals surface area contributed by atoms with E-state index < -0.39 is 0 Å². The molecule has 132 valence electrons. The number of carbonyl (C=O) groups excluding carboxylic acids is 1. The van der Waals surface area contributed by atoms with Crippen LogP contribution in [-0.4, -0.2) is 55.4 Å². The predicted octanol–water partition coefficient (Wildman–Crippen LogP) is 2.30. The normalized spacial score (nSPS) is 14.2. The molecule has 0 spiro atoms. The number of amides is 2. The molecule has 1 aliphatic rings. The Hall–Kier alpha value is -2.89. The number of phenolic OH excluding ortho intramolecular Hbond substituents is 1. The van der Waals surface area contributed by atoms with Crippen LogP contribution in [-0.2, 0) is 0 Å². The van der Waals surface area contributed by atoms with Crippen LogP contribution in [0, 0.1) is 0 Å². The zero-order valence-electron chi connectivity index (χ0n) is 14.1. The monoisotopic (exact) mass is 341 g/mol. The Bertz CT molecular complexity index is 685. The van der Waals surface area contributed by atoms with Gasteiger partial charge in [-0.15, -0.1) is 0 Å². The predicted molar refractivity (Wildman–Crippen MR) is 97.2 cm³/mol. The maximum Gasteiger partial charge on any atom is 0.317 e. The van der Waals surface area contributed by atoms with E-state index in [0.717, 1.165) is 11.4 Å². The molecular weight excluding hydrogens is 318 g/mol. The first-order valence-electron chi connectivity index (χ1n) is 8.47. The summed E-state index contributed by atoms with van der Waals surface area (Å²) >= 11 is 0. The summed E-state index contributed by atoms with van der Waals surface area (Å²) in [6.45, 7) is 3.55. The molecule has 0 unspecified atom stereocenters. The van der Waals surface area contributed by atoms with Crippen LogP contribution in [0.2, 0.25) is 0 Å². The number of anilines is 1. The molecule has 0 bridgehead atoms. The summed E-state index contributed by atoms with van der Waals surface area (Å²) in [5.74, 6) is 1.08. The standard InChI is InChI=1S/C19H23N3O3/c23-18-9-5-4-8-17(18)21-11-13-22(14-12-21)19(24)20-10-15-25-16-6-2-1-3-7-16/h1-9,23H,10-15H2,(H,20,24). The minimum Gasteiger partial charge on any atom is -0.506 e. The zero-order chi connectivity index (χ0) is 17.5. The van der Waals surface area contributed by atoms with Crippen molar-refractivity contribution in [2.75, 3.05) is 44.2 Å². The summed E-state index contributed by atoms with van der Waals surface area (Å²) in [5, 5.41) is 12.8. The van der Waals surface area contributed by atoms with Gasteiger partial charge in [0.1, 0.15) is 18.1 Å². The van der Waals surface area contributed by atoms with Crippen molar-refractivity contribution in [1.29, 1.82) is 0 Å². The Balaban J connectivity index is 1.39. The van der Waals surface area contributed by atoms with Gasteiger partial charge in [0.15, 0.2) is 0 Å². The molecule has 2 aromatic carbocycles. The fourth-order valence-corrected chi connectivity index (χ4v) is 2.84. The molecular formula is C19H23N3O3. The number of piperazine rings is 1. The van der Waals surface area contributed by atoms with Crippen LogP contribution in [0.4, 0.5) is 10.5 Å². The molecule has 0 saturated carbocycles. The van der Waals surface area contributed by atoms with Gasteiger partial charge in [0.2, 0.25) is 0 Å². The quantitative estimate of drug-likeness (QED) is 0.819. The number of hydrogen-bond acceptors (Lipinski definition) is 4. The smallest absolute Gasteiger partial charge is 0.317 e. The highest BCUT2D eigenvalue weighted by atomic mass is 16.5. The van der Waals surface area contributed by atoms with Crippen molar-refractivity contribution in [3.63, 3.8) is 0 Å². The van der Waals surface area contributed by atoms with Crippen molar-refractivity contribution in [2.24, 2.45) is 0 Å². The molecule has 2 amide bonds. The maximum atomic E-state index is 12.2. The second-order valence-electron chi connectivity index (χ2n) is 5.86. The van der Waals surface area contributed by atoms with Crippen molar-refractivity contribution in [3.8, 4) is 11.5 Å². The Morgan fingerprint density at radius 2 is 1.68 bits per heavy atom. The number of nitrogens with one attached hydrogen (secondary N) is 1. The number of benzene rings is 2. The summed E-state index contributed by atoms with van der Waals surface area (Å²) in [7, 11) is 0. The van der Waals surface area contributed by atoms with Crippen molar-refractivity contribution in [1.82, 2.24) is 10.2 Å². The third kappa shape index (κ3) is 4.56. The first-order chi connectivity index (χ1) is 12.2. The summed E-state index contributed by atoms with van der Waals surface area (Å²) in [4.78, 5) is 16.1. The van der Waals surface area contributed by atoms with Crippen molar-refractivity contribution < 1.29 is 14.6 Å². The lowest BCUT2D eigenvalue weighted by atomic mass is 10.2. The topological polar surface area (TPSA) is 65.0 Å². The molecule has 6 heteroatoms. The van der Waals surface area contributed by atoms with Crippen LogP contribution in [0.3, 0.4) is 0 Å². The largest absolute Gasteiger partial charge is 0.506 e. The Labute approximate surface area is 147 Å². The lowest BCUT2D eigenvalue weighted by Crippen LogP contribution is -2.52. The fourth-order valence-electron chi connectivity index (χ4n) is 2.84. The van der Waals surface area contributed by atoms with E-state index in [-0.39, 0.29) is 11.8 Å². The van der Waals surface area contributed by atoms with E-state index in [4.69, 9.17) is 4.74 Å². The van der Waals surface area contributed by atoms with Crippen LogP contribution in [0.5, 0.6) is 11.5 Å². The molecule has 0 aromatic heterocycles. The molecule has 2 aromatic rings. The summed E-state index contributed by atoms with van der Waals surface area (Å²) in [6.07, 6.45) is 0. The lowest BCUT2D eigenvalue weighted by Gasteiger charge is -2.36. The second-order valence-corrected chi connectivity index (χ2v) is 5.86. The average molecular weight is 341 g/mol. The highest BCUT2D eigenvalue weighted by Gasteiger charge is 2.22. The molecule has 0 atom stereocenters. The highest BCUT2D eigenvalue weighted by Crippen LogP contribution is 2.27. The minimum absolute atomic E-state index is 0.0754. The number of urea groups is 1. The van der Waals surface area contributed by atoms with E-state index in [1.54, 1.807) is 17.0 Å². The summed E-state index contributed by atoms with van der Waals surface area (Å²) in [6, 6.07) is 16.8. The van der Waals surface area contributed by atoms with E-state index in [2.05, 4.69) is 10.2 Å². The SMILES string of the molecule is O=C(NCCOc1ccccc1)N1CCN(c2ccccc2O)CC1. The number of hydrogen-bond donors (Lipinski definition) is 2. The minimum atomic E-state index is -0.0754. The van der Waals surface area contributed by atoms with Gasteiger partial charge in [-0.2, -0.15) is 0 Å². The zero-order valence-corrected chi connectivity index (χ0v) is 14.1. The van der Waals surface area contributed by atoms with Gasteiger partial charge in [0.25, 0.3) is 0 Å². The van der Waals surface area contributed by atoms with Gasteiger partial charge < -0.3 is 25.0 Å². The first kappa shape index (κ1) is 17.0. The Kier molecular flexibility index (Phi) is 5.61. The number of phenols is 1. The number of ether oxygens (including phenoxy) is 1. The molecule has 1 aliphatic heterocycles. The van der Waals surface area contributed by atoms with E-state index in [1.165, 1.54) is 0 Å². The number of nitrogens with zero attached hydrogens (tertiary/aromatic N) is 2. The second kappa shape index (κ2) is 8.28. The number of aromatic hydroxyl groups is 1. The molecule has 1 fully saturated rings. The maximum absolute atomic E-state index is 12.2. The van der Waals surface area contributed by atoms with Gasteiger partial charge in [-0.3, -0.25) is 0 Å². The summed E-state index contributed by atoms with van der Waals surface area (Å²) in [5.41, 5.74) is 0.818. The molecule has 6 nitrogen and oxygen atoms in total. The van der Waals surface area contributed by atoms with Crippen LogP contribution >= 0.6 is 0 Å². The first-order valence-corrected chi connectivity index (χ1v) is 8.47. The van der Waals surface area contributed by atoms with Crippen LogP contribution in [0.25, 0.3) is 0 Å². The van der Waals surface area contributed by atoms with Crippen molar-refractivity contribution in [3.05, 3.63) is 54.6 Å². The van der Waals surface area contributed by atoms with Gasteiger partial charge in [0.05, 0.1) is 12.2 Å². The average Bonchev–Trinajstić information content (AvgIpc) is 2.66. The van der Waals surface area contributed by atoms with Gasteiger partial charge in [-0.05, 0) is 24.3 Å². The molecule has 1 saturated heterocycles. The van der Waals surface area contributed by atoms with Gasteiger partial charge in [0, 0.05) is 26.2 Å². The van der Waals surface area contributed by atoms with Gasteiger partial charge in [-0.1, -0.05) is 30.3 Å². The molecule has 0 radical (unpaired) electrons. The third-order valence-electron chi connectivity index (χ3n) is 4.18. The van der Waals surface area contributed by atoms with Crippen molar-refractivity contribution >= 4 is 11.7 Å². The number of carbonyl (C=O) groups is 1. The van der Waals surface area contributed by atoms with Gasteiger partial charge in [-0.25, -0.2) is 4.79 Å². The van der Waals surface area contributed by atoms with Crippen molar-refractivity contribution in [2.45, 2.75) is 0 Å². The third-order valence-corrected chi connectivity index (χ3v) is 4.18. The van der Waals surface area contributed by atoms with Crippen LogP contribution in [0.1, 0.15) is 0 Å². The molecule has 2 N–H and O–H groups in total. The molecule has 1 heterocycles. The van der Waals surface area contributed by atoms with Gasteiger partial charge >= 0.3 is 6.03 Å².